The normalized spacial score (nSPS) is 21.9. The maximum absolute atomic E-state index is 11.2. The van der Waals surface area contributed by atoms with Crippen LogP contribution in [0.3, 0.4) is 0 Å². The molecule has 0 aliphatic carbocycles. The Kier molecular flexibility index (Phi) is 6.42. The van der Waals surface area contributed by atoms with E-state index < -0.39 is 17.8 Å². The van der Waals surface area contributed by atoms with Crippen molar-refractivity contribution in [2.24, 2.45) is 0 Å². The predicted octanol–water partition coefficient (Wildman–Crippen LogP) is 2.97. The molecule has 32 heavy (non-hydrogen) atoms. The van der Waals surface area contributed by atoms with Gasteiger partial charge in [0.15, 0.2) is 0 Å². The van der Waals surface area contributed by atoms with Gasteiger partial charge in [-0.1, -0.05) is 24.3 Å². The van der Waals surface area contributed by atoms with Crippen LogP contribution in [0, 0.1) is 0 Å². The Labute approximate surface area is 188 Å². The number of benzene rings is 2. The Hall–Kier alpha value is -2.61. The fourth-order valence-electron chi connectivity index (χ4n) is 4.82. The van der Waals surface area contributed by atoms with Gasteiger partial charge in [0.25, 0.3) is 0 Å². The summed E-state index contributed by atoms with van der Waals surface area (Å²) in [6.07, 6.45) is 0.791. The molecule has 2 aromatic rings. The fraction of sp³-hybridized carbons (Fsp3) is 0.480. The lowest BCUT2D eigenvalue weighted by Crippen LogP contribution is -2.51. The molecular weight excluding hydrogens is 408 g/mol. The molecule has 1 spiro atoms. The van der Waals surface area contributed by atoms with E-state index in [-0.39, 0.29) is 17.7 Å². The van der Waals surface area contributed by atoms with E-state index in [4.69, 9.17) is 4.74 Å². The van der Waals surface area contributed by atoms with E-state index in [0.717, 1.165) is 37.1 Å². The van der Waals surface area contributed by atoms with Crippen LogP contribution in [0.1, 0.15) is 68.1 Å². The van der Waals surface area contributed by atoms with E-state index in [1.807, 2.05) is 31.2 Å². The van der Waals surface area contributed by atoms with Crippen LogP contribution in [0.2, 0.25) is 0 Å². The molecule has 0 unspecified atom stereocenters. The van der Waals surface area contributed by atoms with Crippen molar-refractivity contribution in [1.82, 2.24) is 10.2 Å². The molecule has 0 aromatic heterocycles. The van der Waals surface area contributed by atoms with E-state index >= 15 is 0 Å². The van der Waals surface area contributed by atoms with E-state index in [9.17, 15) is 20.1 Å². The van der Waals surface area contributed by atoms with Crippen molar-refractivity contribution in [3.8, 4) is 11.5 Å². The van der Waals surface area contributed by atoms with E-state index in [1.54, 1.807) is 18.2 Å². The number of phenolic OH excluding ortho intramolecular Hbond substituents is 1. The number of hydrogen-bond acceptors (Lipinski definition) is 6. The second-order valence-electron chi connectivity index (χ2n) is 9.13. The van der Waals surface area contributed by atoms with E-state index in [1.165, 1.54) is 6.92 Å². The van der Waals surface area contributed by atoms with Crippen molar-refractivity contribution in [2.75, 3.05) is 19.6 Å². The van der Waals surface area contributed by atoms with Crippen LogP contribution < -0.4 is 10.1 Å². The van der Waals surface area contributed by atoms with Crippen molar-refractivity contribution in [2.45, 2.75) is 57.0 Å². The molecule has 4 N–H and O–H groups in total. The third-order valence-corrected chi connectivity index (χ3v) is 6.68. The standard InChI is InChI=1S/C25H32N2O5/c1-16(26-17(2)28)18-3-5-19(6-4-18)23(31)15-27-11-9-25(10-12-27)14-22(30)21-13-20(29)7-8-24(21)32-25/h3-8,13,16,22-23,29-31H,9-12,14-15H2,1-2H3,(H,26,28)/t16-,22-,23+/m1/s1. The molecule has 4 rings (SSSR count). The number of rotatable bonds is 5. The third kappa shape index (κ3) is 4.90. The number of β-amino-alcohol motifs (C(OH)–C–C–N with tert-alkyl or cyclic N) is 1. The second kappa shape index (κ2) is 9.10. The highest BCUT2D eigenvalue weighted by Crippen LogP contribution is 2.45. The predicted molar refractivity (Wildman–Crippen MR) is 120 cm³/mol. The minimum Gasteiger partial charge on any atom is -0.508 e. The number of phenols is 1. The molecule has 7 heteroatoms. The maximum Gasteiger partial charge on any atom is 0.217 e. The third-order valence-electron chi connectivity index (χ3n) is 6.68. The summed E-state index contributed by atoms with van der Waals surface area (Å²) in [6.45, 7) is 5.51. The molecule has 2 aromatic carbocycles. The summed E-state index contributed by atoms with van der Waals surface area (Å²) < 4.78 is 6.30. The summed E-state index contributed by atoms with van der Waals surface area (Å²) in [5.74, 6) is 0.702. The van der Waals surface area contributed by atoms with Crippen LogP contribution in [0.25, 0.3) is 0 Å². The van der Waals surface area contributed by atoms with Gasteiger partial charge in [0.1, 0.15) is 17.1 Å². The molecule has 1 amide bonds. The van der Waals surface area contributed by atoms with Gasteiger partial charge in [-0.15, -0.1) is 0 Å². The van der Waals surface area contributed by atoms with Gasteiger partial charge in [0, 0.05) is 38.5 Å². The van der Waals surface area contributed by atoms with Crippen molar-refractivity contribution < 1.29 is 24.9 Å². The summed E-state index contributed by atoms with van der Waals surface area (Å²) in [5.41, 5.74) is 2.08. The molecule has 172 valence electrons. The molecule has 1 fully saturated rings. The zero-order chi connectivity index (χ0) is 22.9. The first-order valence-corrected chi connectivity index (χ1v) is 11.2. The van der Waals surface area contributed by atoms with Gasteiger partial charge in [-0.2, -0.15) is 0 Å². The number of aromatic hydroxyl groups is 1. The molecule has 2 aliphatic heterocycles. The average Bonchev–Trinajstić information content (AvgIpc) is 2.76. The number of aliphatic hydroxyl groups excluding tert-OH is 2. The van der Waals surface area contributed by atoms with Gasteiger partial charge < -0.3 is 30.3 Å². The van der Waals surface area contributed by atoms with Gasteiger partial charge in [0.05, 0.1) is 18.2 Å². The number of ether oxygens (including phenoxy) is 1. The number of nitrogens with one attached hydrogen (secondary N) is 1. The zero-order valence-corrected chi connectivity index (χ0v) is 18.6. The SMILES string of the molecule is CC(=O)N[C@H](C)c1ccc([C@@H](O)CN2CCC3(CC2)C[C@@H](O)c2cc(O)ccc2O3)cc1. The highest BCUT2D eigenvalue weighted by atomic mass is 16.5. The molecule has 0 saturated carbocycles. The minimum atomic E-state index is -0.651. The maximum atomic E-state index is 11.2. The van der Waals surface area contributed by atoms with Crippen molar-refractivity contribution in [3.63, 3.8) is 0 Å². The van der Waals surface area contributed by atoms with Crippen LogP contribution in [-0.2, 0) is 4.79 Å². The monoisotopic (exact) mass is 440 g/mol. The zero-order valence-electron chi connectivity index (χ0n) is 18.6. The first-order chi connectivity index (χ1) is 15.2. The van der Waals surface area contributed by atoms with Crippen LogP contribution >= 0.6 is 0 Å². The number of carbonyl (C=O) groups excluding carboxylic acids is 1. The van der Waals surface area contributed by atoms with Gasteiger partial charge in [-0.05, 0) is 49.1 Å². The Morgan fingerprint density at radius 1 is 1.19 bits per heavy atom. The van der Waals surface area contributed by atoms with Crippen molar-refractivity contribution in [1.29, 1.82) is 0 Å². The molecule has 0 radical (unpaired) electrons. The number of likely N-dealkylation sites (tertiary alicyclic amines) is 1. The number of aliphatic hydroxyl groups is 2. The van der Waals surface area contributed by atoms with Crippen LogP contribution in [0.4, 0.5) is 0 Å². The van der Waals surface area contributed by atoms with Crippen LogP contribution in [0.5, 0.6) is 11.5 Å². The Morgan fingerprint density at radius 2 is 1.84 bits per heavy atom. The number of nitrogens with zero attached hydrogens (tertiary/aromatic N) is 1. The Balaban J connectivity index is 1.33. The van der Waals surface area contributed by atoms with E-state index in [2.05, 4.69) is 10.2 Å². The molecule has 2 heterocycles. The molecule has 7 nitrogen and oxygen atoms in total. The van der Waals surface area contributed by atoms with E-state index in [0.29, 0.717) is 24.3 Å². The molecule has 3 atom stereocenters. The summed E-state index contributed by atoms with van der Waals surface area (Å²) in [4.78, 5) is 13.5. The lowest BCUT2D eigenvalue weighted by molar-refractivity contribution is -0.119. The molecular formula is C25H32N2O5. The average molecular weight is 441 g/mol. The van der Waals surface area contributed by atoms with Crippen LogP contribution in [0.15, 0.2) is 42.5 Å². The Bertz CT molecular complexity index is 953. The highest BCUT2D eigenvalue weighted by Gasteiger charge is 2.43. The van der Waals surface area contributed by atoms with Gasteiger partial charge in [0.2, 0.25) is 5.91 Å². The lowest BCUT2D eigenvalue weighted by Gasteiger charge is -2.46. The summed E-state index contributed by atoms with van der Waals surface area (Å²) in [6, 6.07) is 12.5. The van der Waals surface area contributed by atoms with Gasteiger partial charge >= 0.3 is 0 Å². The quantitative estimate of drug-likeness (QED) is 0.570. The number of fused-ring (bicyclic) bond motifs is 1. The summed E-state index contributed by atoms with van der Waals surface area (Å²) >= 11 is 0. The summed E-state index contributed by atoms with van der Waals surface area (Å²) in [7, 11) is 0. The molecule has 0 bridgehead atoms. The molecule has 2 aliphatic rings. The topological polar surface area (TPSA) is 102 Å². The smallest absolute Gasteiger partial charge is 0.217 e. The second-order valence-corrected chi connectivity index (χ2v) is 9.13. The number of hydrogen-bond donors (Lipinski definition) is 4. The number of amides is 1. The lowest BCUT2D eigenvalue weighted by atomic mass is 9.81. The largest absolute Gasteiger partial charge is 0.508 e. The number of piperidine rings is 1. The van der Waals surface area contributed by atoms with Gasteiger partial charge in [-0.25, -0.2) is 0 Å². The summed E-state index contributed by atoms with van der Waals surface area (Å²) in [5, 5.41) is 33.9. The highest BCUT2D eigenvalue weighted by molar-refractivity contribution is 5.73. The van der Waals surface area contributed by atoms with Crippen molar-refractivity contribution in [3.05, 3.63) is 59.2 Å². The first-order valence-electron chi connectivity index (χ1n) is 11.2. The number of carbonyl (C=O) groups is 1. The van der Waals surface area contributed by atoms with Crippen LogP contribution in [-0.4, -0.2) is 51.4 Å². The Morgan fingerprint density at radius 3 is 2.50 bits per heavy atom. The first kappa shape index (κ1) is 22.6. The molecule has 1 saturated heterocycles. The van der Waals surface area contributed by atoms with Gasteiger partial charge in [-0.3, -0.25) is 4.79 Å². The fourth-order valence-corrected chi connectivity index (χ4v) is 4.82. The van der Waals surface area contributed by atoms with Crippen molar-refractivity contribution >= 4 is 5.91 Å². The minimum absolute atomic E-state index is 0.0689.